The maximum absolute atomic E-state index is 4.47. The molecular formula is C15H11N3. The standard InChI is InChI=1S/C15H11N3/c1-2-6-14-13(5-1)7-8-15(18-14)17-11-12-4-3-9-16-10-12/h1-11H. The van der Waals surface area contributed by atoms with Crippen LogP contribution in [0.5, 0.6) is 0 Å². The predicted molar refractivity (Wildman–Crippen MR) is 73.2 cm³/mol. The summed E-state index contributed by atoms with van der Waals surface area (Å²) in [5.41, 5.74) is 1.92. The van der Waals surface area contributed by atoms with Crippen molar-refractivity contribution in [3.63, 3.8) is 0 Å². The number of benzene rings is 1. The maximum Gasteiger partial charge on any atom is 0.152 e. The molecule has 0 aliphatic heterocycles. The fourth-order valence-corrected chi connectivity index (χ4v) is 1.72. The Kier molecular flexibility index (Phi) is 2.80. The third-order valence-electron chi connectivity index (χ3n) is 2.61. The van der Waals surface area contributed by atoms with Crippen LogP contribution in [0.1, 0.15) is 5.56 Å². The van der Waals surface area contributed by atoms with Crippen LogP contribution in [0.4, 0.5) is 5.82 Å². The second-order valence-corrected chi connectivity index (χ2v) is 3.91. The summed E-state index contributed by atoms with van der Waals surface area (Å²) in [6.45, 7) is 0. The molecule has 0 radical (unpaired) electrons. The van der Waals surface area contributed by atoms with Crippen LogP contribution in [0.2, 0.25) is 0 Å². The lowest BCUT2D eigenvalue weighted by Crippen LogP contribution is -1.83. The number of hydrogen-bond acceptors (Lipinski definition) is 3. The summed E-state index contributed by atoms with van der Waals surface area (Å²) in [6, 6.07) is 15.8. The topological polar surface area (TPSA) is 38.1 Å². The number of aromatic nitrogens is 2. The molecule has 3 nitrogen and oxygen atoms in total. The number of hydrogen-bond donors (Lipinski definition) is 0. The number of para-hydroxylation sites is 1. The predicted octanol–water partition coefficient (Wildman–Crippen LogP) is 3.38. The van der Waals surface area contributed by atoms with E-state index < -0.39 is 0 Å². The van der Waals surface area contributed by atoms with Crippen molar-refractivity contribution in [2.24, 2.45) is 4.99 Å². The lowest BCUT2D eigenvalue weighted by atomic mass is 10.2. The van der Waals surface area contributed by atoms with E-state index in [4.69, 9.17) is 0 Å². The summed E-state index contributed by atoms with van der Waals surface area (Å²) in [5, 5.41) is 1.12. The highest BCUT2D eigenvalue weighted by Crippen LogP contribution is 2.16. The molecule has 0 bridgehead atoms. The minimum atomic E-state index is 0.706. The molecule has 0 spiro atoms. The summed E-state index contributed by atoms with van der Waals surface area (Å²) in [4.78, 5) is 12.9. The van der Waals surface area contributed by atoms with Crippen molar-refractivity contribution in [3.05, 3.63) is 66.5 Å². The summed E-state index contributed by atoms with van der Waals surface area (Å²) >= 11 is 0. The van der Waals surface area contributed by atoms with Gasteiger partial charge >= 0.3 is 0 Å². The van der Waals surface area contributed by atoms with E-state index >= 15 is 0 Å². The minimum absolute atomic E-state index is 0.706. The molecule has 3 aromatic rings. The molecule has 1 aromatic carbocycles. The van der Waals surface area contributed by atoms with Gasteiger partial charge in [-0.2, -0.15) is 0 Å². The highest BCUT2D eigenvalue weighted by molar-refractivity contribution is 5.83. The Morgan fingerprint density at radius 3 is 2.78 bits per heavy atom. The average molecular weight is 233 g/mol. The van der Waals surface area contributed by atoms with E-state index in [9.17, 15) is 0 Å². The molecule has 0 unspecified atom stereocenters. The Labute approximate surface area is 105 Å². The van der Waals surface area contributed by atoms with Crippen molar-refractivity contribution in [2.45, 2.75) is 0 Å². The van der Waals surface area contributed by atoms with Gasteiger partial charge in [-0.1, -0.05) is 24.3 Å². The van der Waals surface area contributed by atoms with Gasteiger partial charge in [0.15, 0.2) is 5.82 Å². The SMILES string of the molecule is C(=Nc1ccc2ccccc2n1)c1cccnc1. The Bertz CT molecular complexity index is 690. The number of rotatable bonds is 2. The molecular weight excluding hydrogens is 222 g/mol. The monoisotopic (exact) mass is 233 g/mol. The van der Waals surface area contributed by atoms with Gasteiger partial charge in [-0.3, -0.25) is 4.98 Å². The van der Waals surface area contributed by atoms with Crippen molar-refractivity contribution < 1.29 is 0 Å². The van der Waals surface area contributed by atoms with E-state index in [-0.39, 0.29) is 0 Å². The molecule has 0 aliphatic rings. The van der Waals surface area contributed by atoms with Gasteiger partial charge in [-0.05, 0) is 24.3 Å². The quantitative estimate of drug-likeness (QED) is 0.636. The summed E-state index contributed by atoms with van der Waals surface area (Å²) in [6.07, 6.45) is 5.28. The molecule has 0 N–H and O–H groups in total. The van der Waals surface area contributed by atoms with E-state index in [1.807, 2.05) is 48.5 Å². The molecule has 2 heterocycles. The van der Waals surface area contributed by atoms with Crippen molar-refractivity contribution in [2.75, 3.05) is 0 Å². The number of fused-ring (bicyclic) bond motifs is 1. The molecule has 3 rings (SSSR count). The molecule has 0 atom stereocenters. The van der Waals surface area contributed by atoms with E-state index in [1.54, 1.807) is 18.6 Å². The zero-order chi connectivity index (χ0) is 12.2. The van der Waals surface area contributed by atoms with Gasteiger partial charge in [-0.15, -0.1) is 0 Å². The van der Waals surface area contributed by atoms with Gasteiger partial charge < -0.3 is 0 Å². The van der Waals surface area contributed by atoms with Crippen LogP contribution in [0.25, 0.3) is 10.9 Å². The van der Waals surface area contributed by atoms with E-state index in [0.717, 1.165) is 16.5 Å². The Morgan fingerprint density at radius 1 is 0.944 bits per heavy atom. The first kappa shape index (κ1) is 10.6. The van der Waals surface area contributed by atoms with E-state index in [2.05, 4.69) is 15.0 Å². The zero-order valence-electron chi connectivity index (χ0n) is 9.69. The van der Waals surface area contributed by atoms with Crippen molar-refractivity contribution in [3.8, 4) is 0 Å². The van der Waals surface area contributed by atoms with Gasteiger partial charge in [0.05, 0.1) is 5.52 Å². The number of nitrogens with zero attached hydrogens (tertiary/aromatic N) is 3. The zero-order valence-corrected chi connectivity index (χ0v) is 9.69. The maximum atomic E-state index is 4.47. The van der Waals surface area contributed by atoms with E-state index in [0.29, 0.717) is 5.82 Å². The smallest absolute Gasteiger partial charge is 0.152 e. The summed E-state index contributed by atoms with van der Waals surface area (Å²) < 4.78 is 0. The average Bonchev–Trinajstić information content (AvgIpc) is 2.46. The molecule has 0 aliphatic carbocycles. The highest BCUT2D eigenvalue weighted by Gasteiger charge is 1.95. The molecule has 18 heavy (non-hydrogen) atoms. The molecule has 86 valence electrons. The Balaban J connectivity index is 1.93. The molecule has 2 aromatic heterocycles. The largest absolute Gasteiger partial charge is 0.264 e. The fourth-order valence-electron chi connectivity index (χ4n) is 1.72. The molecule has 0 amide bonds. The van der Waals surface area contributed by atoms with Gasteiger partial charge in [0.1, 0.15) is 0 Å². The van der Waals surface area contributed by atoms with Crippen molar-refractivity contribution in [1.29, 1.82) is 0 Å². The first-order chi connectivity index (χ1) is 8.92. The molecule has 0 saturated carbocycles. The lowest BCUT2D eigenvalue weighted by Gasteiger charge is -1.97. The summed E-state index contributed by atoms with van der Waals surface area (Å²) in [7, 11) is 0. The van der Waals surface area contributed by atoms with Crippen LogP contribution in [-0.4, -0.2) is 16.2 Å². The van der Waals surface area contributed by atoms with Gasteiger partial charge in [0.2, 0.25) is 0 Å². The van der Waals surface area contributed by atoms with Crippen LogP contribution in [0, 0.1) is 0 Å². The van der Waals surface area contributed by atoms with Crippen LogP contribution in [0.3, 0.4) is 0 Å². The van der Waals surface area contributed by atoms with Gasteiger partial charge in [-0.25, -0.2) is 9.98 Å². The van der Waals surface area contributed by atoms with Gasteiger partial charge in [0.25, 0.3) is 0 Å². The Morgan fingerprint density at radius 2 is 1.89 bits per heavy atom. The molecule has 0 fully saturated rings. The second-order valence-electron chi connectivity index (χ2n) is 3.91. The summed E-state index contributed by atoms with van der Waals surface area (Å²) in [5.74, 6) is 0.706. The molecule has 3 heteroatoms. The lowest BCUT2D eigenvalue weighted by molar-refractivity contribution is 1.31. The van der Waals surface area contributed by atoms with Crippen LogP contribution in [0.15, 0.2) is 65.9 Å². The highest BCUT2D eigenvalue weighted by atomic mass is 14.9. The van der Waals surface area contributed by atoms with Crippen LogP contribution >= 0.6 is 0 Å². The van der Waals surface area contributed by atoms with Gasteiger partial charge in [0, 0.05) is 29.6 Å². The van der Waals surface area contributed by atoms with E-state index in [1.165, 1.54) is 0 Å². The number of aliphatic imine (C=N–C) groups is 1. The number of pyridine rings is 2. The van der Waals surface area contributed by atoms with Crippen molar-refractivity contribution in [1.82, 2.24) is 9.97 Å². The van der Waals surface area contributed by atoms with Crippen LogP contribution in [-0.2, 0) is 0 Å². The molecule has 0 saturated heterocycles. The third-order valence-corrected chi connectivity index (χ3v) is 2.61. The first-order valence-corrected chi connectivity index (χ1v) is 5.72. The minimum Gasteiger partial charge on any atom is -0.264 e. The van der Waals surface area contributed by atoms with Crippen molar-refractivity contribution >= 4 is 22.9 Å². The third kappa shape index (κ3) is 2.25. The Hall–Kier alpha value is -2.55. The van der Waals surface area contributed by atoms with Crippen LogP contribution < -0.4 is 0 Å². The second kappa shape index (κ2) is 4.75. The normalized spacial score (nSPS) is 11.1. The fraction of sp³-hybridized carbons (Fsp3) is 0. The first-order valence-electron chi connectivity index (χ1n) is 5.72.